The molecule has 5 heteroatoms. The van der Waals surface area contributed by atoms with Gasteiger partial charge in [-0.05, 0) is 5.56 Å². The fourth-order valence-corrected chi connectivity index (χ4v) is 1.20. The molecule has 0 unspecified atom stereocenters. The van der Waals surface area contributed by atoms with Crippen LogP contribution < -0.4 is 10.4 Å². The number of hydrogen-bond acceptors (Lipinski definition) is 3. The van der Waals surface area contributed by atoms with Crippen LogP contribution in [0.5, 0.6) is 0 Å². The van der Waals surface area contributed by atoms with Crippen molar-refractivity contribution in [3.05, 3.63) is 35.9 Å². The third kappa shape index (κ3) is 3.25. The lowest BCUT2D eigenvalue weighted by Crippen LogP contribution is -2.41. The van der Waals surface area contributed by atoms with Crippen LogP contribution in [-0.4, -0.2) is 17.8 Å². The average molecular weight is 227 g/mol. The smallest absolute Gasteiger partial charge is 0.235 e. The van der Waals surface area contributed by atoms with E-state index in [0.29, 0.717) is 5.56 Å². The average Bonchev–Trinajstić information content (AvgIpc) is 2.26. The summed E-state index contributed by atoms with van der Waals surface area (Å²) in [4.78, 5) is 21.7. The van der Waals surface area contributed by atoms with Crippen LogP contribution in [-0.2, 0) is 9.59 Å². The summed E-state index contributed by atoms with van der Waals surface area (Å²) in [7, 11) is 0. The monoisotopic (exact) mass is 226 g/mol. The Kier molecular flexibility index (Phi) is 4.12. The van der Waals surface area contributed by atoms with Crippen molar-refractivity contribution in [2.75, 3.05) is 5.88 Å². The highest BCUT2D eigenvalue weighted by Gasteiger charge is 2.14. The van der Waals surface area contributed by atoms with E-state index in [1.54, 1.807) is 30.3 Å². The molecule has 0 bridgehead atoms. The first kappa shape index (κ1) is 11.5. The predicted octanol–water partition coefficient (Wildman–Crippen LogP) is -0.167. The maximum absolute atomic E-state index is 11.0. The zero-order valence-corrected chi connectivity index (χ0v) is 8.53. The van der Waals surface area contributed by atoms with Crippen molar-refractivity contribution in [3.8, 4) is 0 Å². The molecule has 80 valence electrons. The number of benzene rings is 1. The molecule has 1 aromatic rings. The van der Waals surface area contributed by atoms with Crippen LogP contribution in [0.25, 0.3) is 0 Å². The molecule has 0 fully saturated rings. The number of nitrogens with one attached hydrogen (secondary N) is 1. The van der Waals surface area contributed by atoms with Crippen LogP contribution >= 0.6 is 11.6 Å². The van der Waals surface area contributed by atoms with Crippen molar-refractivity contribution >= 4 is 23.5 Å². The second-order valence-electron chi connectivity index (χ2n) is 2.86. The first-order valence-electron chi connectivity index (χ1n) is 4.26. The second-order valence-corrected chi connectivity index (χ2v) is 3.13. The molecule has 0 saturated heterocycles. The summed E-state index contributed by atoms with van der Waals surface area (Å²) in [5, 5.41) is 13.0. The Morgan fingerprint density at radius 2 is 1.93 bits per heavy atom. The molecule has 1 amide bonds. The topological polar surface area (TPSA) is 69.2 Å². The SMILES string of the molecule is O=C(CCl)N[C@H](C(=O)[O-])c1ccccc1. The van der Waals surface area contributed by atoms with Gasteiger partial charge in [0.2, 0.25) is 5.91 Å². The van der Waals surface area contributed by atoms with Crippen molar-refractivity contribution in [1.82, 2.24) is 5.32 Å². The zero-order chi connectivity index (χ0) is 11.3. The van der Waals surface area contributed by atoms with Crippen LogP contribution in [0.3, 0.4) is 0 Å². The van der Waals surface area contributed by atoms with E-state index < -0.39 is 17.9 Å². The minimum atomic E-state index is -1.36. The number of carboxylic acid groups (broad SMARTS) is 1. The van der Waals surface area contributed by atoms with Gasteiger partial charge in [0, 0.05) is 0 Å². The summed E-state index contributed by atoms with van der Waals surface area (Å²) in [6.07, 6.45) is 0. The Morgan fingerprint density at radius 1 is 1.33 bits per heavy atom. The summed E-state index contributed by atoms with van der Waals surface area (Å²) < 4.78 is 0. The van der Waals surface area contributed by atoms with Gasteiger partial charge in [-0.1, -0.05) is 30.3 Å². The molecule has 0 aliphatic carbocycles. The Labute approximate surface area is 91.9 Å². The molecule has 1 aromatic carbocycles. The lowest BCUT2D eigenvalue weighted by atomic mass is 10.1. The lowest BCUT2D eigenvalue weighted by Gasteiger charge is -2.19. The predicted molar refractivity (Wildman–Crippen MR) is 53.1 cm³/mol. The molecule has 0 aliphatic rings. The van der Waals surface area contributed by atoms with Crippen LogP contribution in [0, 0.1) is 0 Å². The molecule has 0 aliphatic heterocycles. The number of hydrogen-bond donors (Lipinski definition) is 1. The number of carboxylic acids is 1. The largest absolute Gasteiger partial charge is 0.548 e. The third-order valence-electron chi connectivity index (χ3n) is 1.80. The van der Waals surface area contributed by atoms with E-state index in [9.17, 15) is 14.7 Å². The first-order valence-corrected chi connectivity index (χ1v) is 4.79. The van der Waals surface area contributed by atoms with Gasteiger partial charge in [0.15, 0.2) is 0 Å². The van der Waals surface area contributed by atoms with Crippen LogP contribution in [0.15, 0.2) is 30.3 Å². The molecule has 15 heavy (non-hydrogen) atoms. The van der Waals surface area contributed by atoms with Gasteiger partial charge in [0.25, 0.3) is 0 Å². The highest BCUT2D eigenvalue weighted by Crippen LogP contribution is 2.11. The van der Waals surface area contributed by atoms with Crippen LogP contribution in [0.1, 0.15) is 11.6 Å². The van der Waals surface area contributed by atoms with E-state index in [1.165, 1.54) is 0 Å². The summed E-state index contributed by atoms with van der Waals surface area (Å²) in [6.45, 7) is 0. The number of aliphatic carboxylic acids is 1. The molecule has 4 nitrogen and oxygen atoms in total. The van der Waals surface area contributed by atoms with Crippen LogP contribution in [0.4, 0.5) is 0 Å². The quantitative estimate of drug-likeness (QED) is 0.725. The lowest BCUT2D eigenvalue weighted by molar-refractivity contribution is -0.308. The molecule has 1 rings (SSSR count). The highest BCUT2D eigenvalue weighted by molar-refractivity contribution is 6.27. The summed E-state index contributed by atoms with van der Waals surface area (Å²) in [5.41, 5.74) is 0.455. The van der Waals surface area contributed by atoms with E-state index in [-0.39, 0.29) is 5.88 Å². The van der Waals surface area contributed by atoms with E-state index >= 15 is 0 Å². The number of carbonyl (C=O) groups is 2. The van der Waals surface area contributed by atoms with Gasteiger partial charge in [-0.15, -0.1) is 11.6 Å². The number of carbonyl (C=O) groups excluding carboxylic acids is 2. The Balaban J connectivity index is 2.84. The van der Waals surface area contributed by atoms with Gasteiger partial charge in [0.1, 0.15) is 5.88 Å². The summed E-state index contributed by atoms with van der Waals surface area (Å²) >= 11 is 5.26. The number of amides is 1. The van der Waals surface area contributed by atoms with E-state index in [0.717, 1.165) is 0 Å². The molecule has 0 spiro atoms. The minimum absolute atomic E-state index is 0.281. The molecule has 0 saturated carbocycles. The van der Waals surface area contributed by atoms with Crippen molar-refractivity contribution in [2.45, 2.75) is 6.04 Å². The first-order chi connectivity index (χ1) is 7.15. The van der Waals surface area contributed by atoms with Crippen LogP contribution in [0.2, 0.25) is 0 Å². The molecule has 1 N–H and O–H groups in total. The van der Waals surface area contributed by atoms with Crippen molar-refractivity contribution in [2.24, 2.45) is 0 Å². The minimum Gasteiger partial charge on any atom is -0.548 e. The fraction of sp³-hybridized carbons (Fsp3) is 0.200. The third-order valence-corrected chi connectivity index (χ3v) is 2.04. The Bertz CT molecular complexity index is 353. The van der Waals surface area contributed by atoms with Gasteiger partial charge >= 0.3 is 0 Å². The normalized spacial score (nSPS) is 11.8. The summed E-state index contributed by atoms with van der Waals surface area (Å²) in [6, 6.07) is 7.14. The molecular formula is C10H9ClNO3-. The molecule has 0 aromatic heterocycles. The number of halogens is 1. The Morgan fingerprint density at radius 3 is 2.40 bits per heavy atom. The van der Waals surface area contributed by atoms with Crippen molar-refractivity contribution < 1.29 is 14.7 Å². The van der Waals surface area contributed by atoms with Gasteiger partial charge in [0.05, 0.1) is 12.0 Å². The fourth-order valence-electron chi connectivity index (χ4n) is 1.12. The van der Waals surface area contributed by atoms with Gasteiger partial charge in [-0.25, -0.2) is 0 Å². The summed E-state index contributed by atoms with van der Waals surface area (Å²) in [5.74, 6) is -2.19. The second kappa shape index (κ2) is 5.36. The molecule has 0 radical (unpaired) electrons. The standard InChI is InChI=1S/C10H10ClNO3/c11-6-8(13)12-9(10(14)15)7-4-2-1-3-5-7/h1-5,9H,6H2,(H,12,13)(H,14,15)/p-1/t9-/m0/s1. The zero-order valence-electron chi connectivity index (χ0n) is 7.77. The van der Waals surface area contributed by atoms with Gasteiger partial charge in [-0.3, -0.25) is 4.79 Å². The molecule has 1 atom stereocenters. The van der Waals surface area contributed by atoms with Gasteiger partial charge < -0.3 is 15.2 Å². The van der Waals surface area contributed by atoms with E-state index in [2.05, 4.69) is 5.32 Å². The Hall–Kier alpha value is -1.55. The van der Waals surface area contributed by atoms with Crippen molar-refractivity contribution in [1.29, 1.82) is 0 Å². The number of rotatable bonds is 4. The molecular weight excluding hydrogens is 218 g/mol. The molecule has 0 heterocycles. The highest BCUT2D eigenvalue weighted by atomic mass is 35.5. The van der Waals surface area contributed by atoms with E-state index in [4.69, 9.17) is 11.6 Å². The van der Waals surface area contributed by atoms with Crippen molar-refractivity contribution in [3.63, 3.8) is 0 Å². The number of alkyl halides is 1. The van der Waals surface area contributed by atoms with E-state index in [1.807, 2.05) is 0 Å². The maximum Gasteiger partial charge on any atom is 0.235 e. The maximum atomic E-state index is 11.0. The van der Waals surface area contributed by atoms with Gasteiger partial charge in [-0.2, -0.15) is 0 Å².